The van der Waals surface area contributed by atoms with Gasteiger partial charge in [0.1, 0.15) is 5.82 Å². The summed E-state index contributed by atoms with van der Waals surface area (Å²) in [5.74, 6) is 0.938. The third kappa shape index (κ3) is 1.93. The summed E-state index contributed by atoms with van der Waals surface area (Å²) in [5, 5.41) is 13.0. The second-order valence-corrected chi connectivity index (χ2v) is 4.62. The minimum Gasteiger partial charge on any atom is -0.342 e. The number of thiophene rings is 1. The highest BCUT2D eigenvalue weighted by atomic mass is 32.1. The van der Waals surface area contributed by atoms with E-state index in [0.29, 0.717) is 5.56 Å². The van der Waals surface area contributed by atoms with E-state index in [1.165, 1.54) is 5.56 Å². The van der Waals surface area contributed by atoms with Crippen molar-refractivity contribution in [1.82, 2.24) is 9.97 Å². The van der Waals surface area contributed by atoms with Gasteiger partial charge in [-0.25, -0.2) is 4.98 Å². The second kappa shape index (κ2) is 4.04. The fourth-order valence-corrected chi connectivity index (χ4v) is 2.47. The van der Waals surface area contributed by atoms with Gasteiger partial charge in [0.25, 0.3) is 0 Å². The van der Waals surface area contributed by atoms with E-state index < -0.39 is 0 Å². The topological polar surface area (TPSA) is 52.5 Å². The molecule has 0 amide bonds. The van der Waals surface area contributed by atoms with Crippen molar-refractivity contribution in [1.29, 1.82) is 5.26 Å². The van der Waals surface area contributed by atoms with E-state index >= 15 is 0 Å². The lowest BCUT2D eigenvalue weighted by Gasteiger charge is -1.90. The summed E-state index contributed by atoms with van der Waals surface area (Å²) in [5.41, 5.74) is 3.75. The predicted molar refractivity (Wildman–Crippen MR) is 67.9 cm³/mol. The number of nitriles is 1. The average molecular weight is 239 g/mol. The van der Waals surface area contributed by atoms with E-state index in [-0.39, 0.29) is 0 Å². The molecule has 0 atom stereocenters. The zero-order valence-corrected chi connectivity index (χ0v) is 9.79. The van der Waals surface area contributed by atoms with Gasteiger partial charge < -0.3 is 4.98 Å². The standard InChI is InChI=1S/C13H9N3S/c14-7-9-1-2-11-12(5-9)16-13(15-11)6-10-3-4-17-8-10/h1-5,8H,6H2,(H,15,16). The predicted octanol–water partition coefficient (Wildman–Crippen LogP) is 3.09. The first kappa shape index (κ1) is 10.1. The Hall–Kier alpha value is -2.12. The van der Waals surface area contributed by atoms with Gasteiger partial charge in [-0.2, -0.15) is 16.6 Å². The molecule has 1 N–H and O–H groups in total. The summed E-state index contributed by atoms with van der Waals surface area (Å²) in [7, 11) is 0. The van der Waals surface area contributed by atoms with Crippen LogP contribution in [0, 0.1) is 11.3 Å². The van der Waals surface area contributed by atoms with Gasteiger partial charge in [0.15, 0.2) is 0 Å². The van der Waals surface area contributed by atoms with Gasteiger partial charge in [0.2, 0.25) is 0 Å². The molecule has 0 saturated heterocycles. The van der Waals surface area contributed by atoms with Crippen molar-refractivity contribution in [3.63, 3.8) is 0 Å². The van der Waals surface area contributed by atoms with Crippen LogP contribution in [0.4, 0.5) is 0 Å². The number of benzene rings is 1. The fraction of sp³-hybridized carbons (Fsp3) is 0.0769. The third-order valence-electron chi connectivity index (χ3n) is 2.61. The lowest BCUT2D eigenvalue weighted by Crippen LogP contribution is -1.87. The van der Waals surface area contributed by atoms with Gasteiger partial charge >= 0.3 is 0 Å². The van der Waals surface area contributed by atoms with Crippen LogP contribution in [0.25, 0.3) is 11.0 Å². The normalized spacial score (nSPS) is 10.5. The number of hydrogen-bond acceptors (Lipinski definition) is 3. The molecule has 0 fully saturated rings. The highest BCUT2D eigenvalue weighted by Crippen LogP contribution is 2.16. The Morgan fingerprint density at radius 2 is 2.29 bits per heavy atom. The van der Waals surface area contributed by atoms with Crippen molar-refractivity contribution >= 4 is 22.4 Å². The number of aromatic amines is 1. The van der Waals surface area contributed by atoms with Gasteiger partial charge in [-0.3, -0.25) is 0 Å². The van der Waals surface area contributed by atoms with Crippen LogP contribution in [0.3, 0.4) is 0 Å². The molecular formula is C13H9N3S. The summed E-state index contributed by atoms with van der Waals surface area (Å²) in [4.78, 5) is 7.75. The Balaban J connectivity index is 1.99. The first-order valence-electron chi connectivity index (χ1n) is 5.25. The number of hydrogen-bond donors (Lipinski definition) is 1. The first-order valence-corrected chi connectivity index (χ1v) is 6.19. The number of H-pyrrole nitrogens is 1. The molecule has 2 aromatic heterocycles. The van der Waals surface area contributed by atoms with Crippen molar-refractivity contribution in [2.24, 2.45) is 0 Å². The molecule has 0 unspecified atom stereocenters. The van der Waals surface area contributed by atoms with Gasteiger partial charge in [-0.1, -0.05) is 0 Å². The van der Waals surface area contributed by atoms with E-state index in [4.69, 9.17) is 5.26 Å². The van der Waals surface area contributed by atoms with Crippen LogP contribution >= 0.6 is 11.3 Å². The van der Waals surface area contributed by atoms with E-state index in [9.17, 15) is 0 Å². The molecule has 0 saturated carbocycles. The molecule has 0 aliphatic rings. The van der Waals surface area contributed by atoms with Crippen LogP contribution in [0.15, 0.2) is 35.0 Å². The lowest BCUT2D eigenvalue weighted by molar-refractivity contribution is 1.04. The molecule has 3 aromatic rings. The first-order chi connectivity index (χ1) is 8.35. The number of nitrogens with zero attached hydrogens (tertiary/aromatic N) is 2. The Kier molecular flexibility index (Phi) is 2.39. The molecule has 0 radical (unpaired) electrons. The molecule has 4 heteroatoms. The molecular weight excluding hydrogens is 230 g/mol. The summed E-state index contributed by atoms with van der Waals surface area (Å²) >= 11 is 1.69. The van der Waals surface area contributed by atoms with Crippen LogP contribution in [0.5, 0.6) is 0 Å². The highest BCUT2D eigenvalue weighted by Gasteiger charge is 2.04. The Morgan fingerprint density at radius 3 is 3.06 bits per heavy atom. The maximum Gasteiger partial charge on any atom is 0.111 e. The highest BCUT2D eigenvalue weighted by molar-refractivity contribution is 7.07. The van der Waals surface area contributed by atoms with Gasteiger partial charge in [0, 0.05) is 6.42 Å². The van der Waals surface area contributed by atoms with Crippen LogP contribution in [0.1, 0.15) is 17.0 Å². The molecule has 1 aromatic carbocycles. The van der Waals surface area contributed by atoms with Crippen LogP contribution in [-0.2, 0) is 6.42 Å². The molecule has 0 spiro atoms. The Labute approximate surface area is 102 Å². The molecule has 0 aliphatic carbocycles. The SMILES string of the molecule is N#Cc1ccc2nc(Cc3ccsc3)[nH]c2c1. The summed E-state index contributed by atoms with van der Waals surface area (Å²) in [6.45, 7) is 0. The third-order valence-corrected chi connectivity index (χ3v) is 3.34. The van der Waals surface area contributed by atoms with Crippen molar-refractivity contribution in [3.8, 4) is 6.07 Å². The van der Waals surface area contributed by atoms with E-state index in [2.05, 4.69) is 32.9 Å². The largest absolute Gasteiger partial charge is 0.342 e. The van der Waals surface area contributed by atoms with Crippen LogP contribution in [-0.4, -0.2) is 9.97 Å². The molecule has 3 nitrogen and oxygen atoms in total. The molecule has 0 bridgehead atoms. The summed E-state index contributed by atoms with van der Waals surface area (Å²) in [6.07, 6.45) is 0.806. The molecule has 17 heavy (non-hydrogen) atoms. The van der Waals surface area contributed by atoms with E-state index in [1.807, 2.05) is 12.1 Å². The second-order valence-electron chi connectivity index (χ2n) is 3.84. The van der Waals surface area contributed by atoms with E-state index in [0.717, 1.165) is 23.3 Å². The van der Waals surface area contributed by atoms with Crippen molar-refractivity contribution < 1.29 is 0 Å². The Morgan fingerprint density at radius 1 is 1.35 bits per heavy atom. The van der Waals surface area contributed by atoms with E-state index in [1.54, 1.807) is 17.4 Å². The summed E-state index contributed by atoms with van der Waals surface area (Å²) < 4.78 is 0. The number of aromatic nitrogens is 2. The number of nitrogens with one attached hydrogen (secondary N) is 1. The van der Waals surface area contributed by atoms with Gasteiger partial charge in [-0.15, -0.1) is 0 Å². The fourth-order valence-electron chi connectivity index (χ4n) is 1.80. The molecule has 82 valence electrons. The zero-order chi connectivity index (χ0) is 11.7. The maximum atomic E-state index is 8.83. The number of imidazole rings is 1. The minimum atomic E-state index is 0.656. The quantitative estimate of drug-likeness (QED) is 0.747. The Bertz CT molecular complexity index is 689. The van der Waals surface area contributed by atoms with Crippen LogP contribution in [0.2, 0.25) is 0 Å². The number of fused-ring (bicyclic) bond motifs is 1. The van der Waals surface area contributed by atoms with Gasteiger partial charge in [-0.05, 0) is 40.6 Å². The number of rotatable bonds is 2. The summed E-state index contributed by atoms with van der Waals surface area (Å²) in [6, 6.07) is 9.72. The lowest BCUT2D eigenvalue weighted by atomic mass is 10.2. The van der Waals surface area contributed by atoms with Crippen molar-refractivity contribution in [2.45, 2.75) is 6.42 Å². The van der Waals surface area contributed by atoms with Gasteiger partial charge in [0.05, 0.1) is 22.7 Å². The molecule has 3 rings (SSSR count). The van der Waals surface area contributed by atoms with Crippen molar-refractivity contribution in [3.05, 3.63) is 52.0 Å². The molecule has 2 heterocycles. The monoisotopic (exact) mass is 239 g/mol. The zero-order valence-electron chi connectivity index (χ0n) is 8.97. The van der Waals surface area contributed by atoms with Crippen molar-refractivity contribution in [2.75, 3.05) is 0 Å². The maximum absolute atomic E-state index is 8.83. The average Bonchev–Trinajstić information content (AvgIpc) is 2.96. The molecule has 0 aliphatic heterocycles. The van der Waals surface area contributed by atoms with Crippen LogP contribution < -0.4 is 0 Å². The smallest absolute Gasteiger partial charge is 0.111 e. The minimum absolute atomic E-state index is 0.656.